The van der Waals surface area contributed by atoms with E-state index in [0.717, 1.165) is 76.6 Å². The van der Waals surface area contributed by atoms with Crippen LogP contribution in [0.25, 0.3) is 21.0 Å². The Morgan fingerprint density at radius 3 is 2.73 bits per heavy atom. The van der Waals surface area contributed by atoms with Gasteiger partial charge in [-0.05, 0) is 42.8 Å². The molecule has 1 saturated heterocycles. The summed E-state index contributed by atoms with van der Waals surface area (Å²) in [4.78, 5) is 31.3. The minimum Gasteiger partial charge on any atom is -0.382 e. The molecule has 4 heterocycles. The van der Waals surface area contributed by atoms with Gasteiger partial charge < -0.3 is 16.0 Å². The molecule has 0 aliphatic carbocycles. The number of nitrogen functional groups attached to an aromatic ring is 1. The van der Waals surface area contributed by atoms with Crippen LogP contribution in [0.3, 0.4) is 0 Å². The molecule has 3 N–H and O–H groups in total. The number of pyridine rings is 1. The number of anilines is 2. The first-order valence-corrected chi connectivity index (χ1v) is 14.5. The van der Waals surface area contributed by atoms with Gasteiger partial charge in [-0.3, -0.25) is 14.7 Å². The van der Waals surface area contributed by atoms with E-state index in [0.29, 0.717) is 28.0 Å². The first-order chi connectivity index (χ1) is 19.4. The smallest absolute Gasteiger partial charge is 0.258 e. The molecule has 1 amide bonds. The van der Waals surface area contributed by atoms with Crippen LogP contribution in [0.2, 0.25) is 5.02 Å². The van der Waals surface area contributed by atoms with Crippen molar-refractivity contribution < 1.29 is 4.79 Å². The highest BCUT2D eigenvalue weighted by Gasteiger charge is 2.19. The Labute approximate surface area is 241 Å². The van der Waals surface area contributed by atoms with E-state index in [1.54, 1.807) is 5.38 Å². The van der Waals surface area contributed by atoms with Crippen LogP contribution in [0.4, 0.5) is 11.5 Å². The van der Waals surface area contributed by atoms with Gasteiger partial charge in [-0.1, -0.05) is 35.9 Å². The van der Waals surface area contributed by atoms with E-state index in [2.05, 4.69) is 50.3 Å². The van der Waals surface area contributed by atoms with Crippen LogP contribution in [0, 0.1) is 6.92 Å². The fraction of sp³-hybridized carbons (Fsp3) is 0.267. The Hall–Kier alpha value is -3.63. The maximum absolute atomic E-state index is 13.4. The lowest BCUT2D eigenvalue weighted by Gasteiger charge is -2.32. The number of likely N-dealkylation sites (N-methyl/N-ethyl adjacent to an activating group) is 1. The van der Waals surface area contributed by atoms with Gasteiger partial charge in [0.1, 0.15) is 12.1 Å². The maximum atomic E-state index is 13.4. The molecule has 2 aromatic carbocycles. The van der Waals surface area contributed by atoms with E-state index >= 15 is 0 Å². The largest absolute Gasteiger partial charge is 0.382 e. The molecule has 10 heteroatoms. The van der Waals surface area contributed by atoms with Gasteiger partial charge in [0.2, 0.25) is 0 Å². The molecular formula is C30H30ClN7OS. The lowest BCUT2D eigenvalue weighted by Crippen LogP contribution is -2.43. The molecule has 8 nitrogen and oxygen atoms in total. The second-order valence-electron chi connectivity index (χ2n) is 10.3. The minimum absolute atomic E-state index is 0.232. The Balaban J connectivity index is 1.28. The van der Waals surface area contributed by atoms with Crippen LogP contribution in [-0.4, -0.2) is 63.9 Å². The van der Waals surface area contributed by atoms with Crippen LogP contribution in [0.5, 0.6) is 0 Å². The molecule has 40 heavy (non-hydrogen) atoms. The topological polar surface area (TPSA) is 100 Å². The van der Waals surface area contributed by atoms with Crippen molar-refractivity contribution in [2.45, 2.75) is 19.9 Å². The van der Waals surface area contributed by atoms with E-state index < -0.39 is 0 Å². The summed E-state index contributed by atoms with van der Waals surface area (Å²) >= 11 is 7.98. The monoisotopic (exact) mass is 571 g/mol. The molecule has 1 aliphatic rings. The summed E-state index contributed by atoms with van der Waals surface area (Å²) in [7, 11) is 2.16. The average molecular weight is 572 g/mol. The summed E-state index contributed by atoms with van der Waals surface area (Å²) in [6, 6.07) is 12.3. The van der Waals surface area contributed by atoms with E-state index in [4.69, 9.17) is 22.3 Å². The van der Waals surface area contributed by atoms with Crippen LogP contribution < -0.4 is 11.1 Å². The van der Waals surface area contributed by atoms with Gasteiger partial charge in [-0.15, -0.1) is 11.3 Å². The molecular weight excluding hydrogens is 542 g/mol. The Morgan fingerprint density at radius 1 is 1.07 bits per heavy atom. The quantitative estimate of drug-likeness (QED) is 0.282. The number of fused-ring (bicyclic) bond motifs is 2. The van der Waals surface area contributed by atoms with Gasteiger partial charge in [0.15, 0.2) is 0 Å². The fourth-order valence-corrected chi connectivity index (χ4v) is 6.32. The molecule has 1 aliphatic heterocycles. The number of carbonyl (C=O) groups is 1. The molecule has 0 saturated carbocycles. The van der Waals surface area contributed by atoms with Gasteiger partial charge in [0, 0.05) is 66.5 Å². The second kappa shape index (κ2) is 11.1. The van der Waals surface area contributed by atoms with Crippen molar-refractivity contribution in [2.24, 2.45) is 0 Å². The lowest BCUT2D eigenvalue weighted by atomic mass is 9.99. The summed E-state index contributed by atoms with van der Waals surface area (Å²) in [6.45, 7) is 7.05. The number of amides is 1. The van der Waals surface area contributed by atoms with Crippen molar-refractivity contribution in [2.75, 3.05) is 44.3 Å². The van der Waals surface area contributed by atoms with Crippen molar-refractivity contribution in [3.63, 3.8) is 0 Å². The number of thiophene rings is 1. The van der Waals surface area contributed by atoms with Gasteiger partial charge in [-0.2, -0.15) is 0 Å². The van der Waals surface area contributed by atoms with E-state index in [1.807, 2.05) is 31.3 Å². The SMILES string of the molecule is Cc1ccc2c(Cc3ccc(Cl)c(CN4CCN(C)CC4)c3)nccc2c1NC(=O)c1csc2c(N)ncnc12. The zero-order valence-electron chi connectivity index (χ0n) is 22.4. The Kier molecular flexibility index (Phi) is 7.37. The van der Waals surface area contributed by atoms with Crippen molar-refractivity contribution >= 4 is 61.3 Å². The molecule has 0 bridgehead atoms. The van der Waals surface area contributed by atoms with Gasteiger partial charge >= 0.3 is 0 Å². The predicted molar refractivity (Wildman–Crippen MR) is 163 cm³/mol. The summed E-state index contributed by atoms with van der Waals surface area (Å²) in [5.74, 6) is 0.143. The number of aromatic nitrogens is 3. The van der Waals surface area contributed by atoms with Crippen molar-refractivity contribution in [1.82, 2.24) is 24.8 Å². The van der Waals surface area contributed by atoms with Crippen LogP contribution in [-0.2, 0) is 13.0 Å². The third-order valence-electron chi connectivity index (χ3n) is 7.57. The number of carbonyl (C=O) groups excluding carboxylic acids is 1. The maximum Gasteiger partial charge on any atom is 0.258 e. The highest BCUT2D eigenvalue weighted by molar-refractivity contribution is 7.18. The highest BCUT2D eigenvalue weighted by atomic mass is 35.5. The number of hydrogen-bond acceptors (Lipinski definition) is 8. The molecule has 204 valence electrons. The number of piperazine rings is 1. The number of aryl methyl sites for hydroxylation is 1. The van der Waals surface area contributed by atoms with Gasteiger partial charge in [0.25, 0.3) is 5.91 Å². The van der Waals surface area contributed by atoms with Gasteiger partial charge in [0.05, 0.1) is 27.2 Å². The highest BCUT2D eigenvalue weighted by Crippen LogP contribution is 2.32. The van der Waals surface area contributed by atoms with Crippen molar-refractivity contribution in [3.05, 3.63) is 87.3 Å². The van der Waals surface area contributed by atoms with E-state index in [9.17, 15) is 4.79 Å². The van der Waals surface area contributed by atoms with Crippen molar-refractivity contribution in [1.29, 1.82) is 0 Å². The van der Waals surface area contributed by atoms with Crippen molar-refractivity contribution in [3.8, 4) is 0 Å². The molecule has 0 atom stereocenters. The van der Waals surface area contributed by atoms with E-state index in [1.165, 1.54) is 17.7 Å². The Bertz CT molecular complexity index is 1730. The van der Waals surface area contributed by atoms with Crippen LogP contribution in [0.15, 0.2) is 54.3 Å². The number of halogens is 1. The van der Waals surface area contributed by atoms with E-state index in [-0.39, 0.29) is 5.91 Å². The first kappa shape index (κ1) is 26.6. The Morgan fingerprint density at radius 2 is 1.90 bits per heavy atom. The number of hydrogen-bond donors (Lipinski definition) is 2. The normalized spacial score (nSPS) is 14.7. The number of nitrogens with two attached hydrogens (primary N) is 1. The summed E-state index contributed by atoms with van der Waals surface area (Å²) in [6.07, 6.45) is 3.85. The zero-order chi connectivity index (χ0) is 27.8. The molecule has 5 aromatic rings. The standard InChI is InChI=1S/C30H30ClN7OS/c1-18-3-5-21-22(26(18)36-30(39)23-16-40-28-27(23)34-17-35-29(28)32)7-8-33-25(21)14-19-4-6-24(31)20(13-19)15-38-11-9-37(2)10-12-38/h3-8,13,16-17H,9-12,14-15H2,1-2H3,(H,36,39)(H2,32,34,35). The number of nitrogens with one attached hydrogen (secondary N) is 1. The number of benzene rings is 2. The molecule has 1 fully saturated rings. The predicted octanol–water partition coefficient (Wildman–Crippen LogP) is 5.37. The number of nitrogens with zero attached hydrogens (tertiary/aromatic N) is 5. The molecule has 0 unspecified atom stereocenters. The molecule has 0 spiro atoms. The summed E-state index contributed by atoms with van der Waals surface area (Å²) in [5.41, 5.74) is 12.0. The zero-order valence-corrected chi connectivity index (χ0v) is 24.0. The van der Waals surface area contributed by atoms with Crippen LogP contribution >= 0.6 is 22.9 Å². The van der Waals surface area contributed by atoms with Crippen LogP contribution in [0.1, 0.15) is 32.7 Å². The summed E-state index contributed by atoms with van der Waals surface area (Å²) < 4.78 is 0.712. The van der Waals surface area contributed by atoms with Gasteiger partial charge in [-0.25, -0.2) is 9.97 Å². The molecule has 6 rings (SSSR count). The summed E-state index contributed by atoms with van der Waals surface area (Å²) in [5, 5.41) is 7.65. The number of rotatable bonds is 6. The third-order valence-corrected chi connectivity index (χ3v) is 8.93. The fourth-order valence-electron chi connectivity index (χ4n) is 5.24. The molecule has 0 radical (unpaired) electrons. The second-order valence-corrected chi connectivity index (χ2v) is 11.6. The lowest BCUT2D eigenvalue weighted by molar-refractivity contribution is 0.102. The molecule has 3 aromatic heterocycles. The average Bonchev–Trinajstić information content (AvgIpc) is 3.39. The first-order valence-electron chi connectivity index (χ1n) is 13.2. The third kappa shape index (κ3) is 5.25. The minimum atomic E-state index is -0.232.